The molecule has 100 valence electrons. The molecule has 0 spiro atoms. The van der Waals surface area contributed by atoms with E-state index in [9.17, 15) is 14.7 Å². The van der Waals surface area contributed by atoms with E-state index in [2.05, 4.69) is 18.8 Å². The van der Waals surface area contributed by atoms with Crippen molar-refractivity contribution >= 4 is 0 Å². The van der Waals surface area contributed by atoms with Gasteiger partial charge in [0.1, 0.15) is 0 Å². The van der Waals surface area contributed by atoms with Crippen molar-refractivity contribution in [1.29, 1.82) is 0 Å². The molecule has 1 aliphatic rings. The molecule has 5 nitrogen and oxygen atoms in total. The predicted molar refractivity (Wildman–Crippen MR) is 68.9 cm³/mol. The second-order valence-electron chi connectivity index (χ2n) is 5.50. The van der Waals surface area contributed by atoms with Gasteiger partial charge in [-0.25, -0.2) is 4.79 Å². The van der Waals surface area contributed by atoms with Crippen LogP contribution in [0.3, 0.4) is 0 Å². The highest BCUT2D eigenvalue weighted by Gasteiger charge is 2.28. The molecule has 1 fully saturated rings. The Bertz CT molecular complexity index is 558. The standard InChI is InChI=1S/C13H20N2O3/c1-7-4-5-10(6-8(7)2)15-12(17)9(3)11(16)14-13(15)18/h7-8,10,17H,4-6H2,1-3H3,(H,14,16,18). The largest absolute Gasteiger partial charge is 0.494 e. The van der Waals surface area contributed by atoms with Crippen LogP contribution >= 0.6 is 0 Å². The lowest BCUT2D eigenvalue weighted by Gasteiger charge is -2.33. The van der Waals surface area contributed by atoms with Crippen LogP contribution in [0.4, 0.5) is 0 Å². The maximum atomic E-state index is 11.8. The quantitative estimate of drug-likeness (QED) is 0.796. The topological polar surface area (TPSA) is 75.1 Å². The van der Waals surface area contributed by atoms with E-state index >= 15 is 0 Å². The smallest absolute Gasteiger partial charge is 0.331 e. The Morgan fingerprint density at radius 2 is 1.89 bits per heavy atom. The van der Waals surface area contributed by atoms with Crippen LogP contribution in [0.25, 0.3) is 0 Å². The Labute approximate surface area is 105 Å². The molecule has 18 heavy (non-hydrogen) atoms. The van der Waals surface area contributed by atoms with Gasteiger partial charge in [-0.2, -0.15) is 0 Å². The molecule has 0 radical (unpaired) electrons. The fourth-order valence-electron chi connectivity index (χ4n) is 2.72. The Kier molecular flexibility index (Phi) is 3.32. The van der Waals surface area contributed by atoms with Crippen molar-refractivity contribution in [1.82, 2.24) is 9.55 Å². The Morgan fingerprint density at radius 1 is 1.22 bits per heavy atom. The summed E-state index contributed by atoms with van der Waals surface area (Å²) in [5, 5.41) is 10.0. The summed E-state index contributed by atoms with van der Waals surface area (Å²) < 4.78 is 1.35. The molecule has 1 aromatic heterocycles. The molecular weight excluding hydrogens is 232 g/mol. The third-order valence-electron chi connectivity index (χ3n) is 4.28. The zero-order valence-corrected chi connectivity index (χ0v) is 11.1. The predicted octanol–water partition coefficient (Wildman–Crippen LogP) is 1.55. The van der Waals surface area contributed by atoms with Crippen molar-refractivity contribution in [3.05, 3.63) is 26.4 Å². The molecule has 3 unspecified atom stereocenters. The first kappa shape index (κ1) is 12.9. The number of hydrogen-bond acceptors (Lipinski definition) is 3. The molecule has 1 heterocycles. The average Bonchev–Trinajstić information content (AvgIpc) is 2.31. The number of hydrogen-bond donors (Lipinski definition) is 2. The van der Waals surface area contributed by atoms with Crippen molar-refractivity contribution in [2.45, 2.75) is 46.1 Å². The molecule has 2 N–H and O–H groups in total. The average molecular weight is 252 g/mol. The van der Waals surface area contributed by atoms with E-state index in [1.54, 1.807) is 0 Å². The van der Waals surface area contributed by atoms with Crippen LogP contribution in [0.5, 0.6) is 5.88 Å². The number of rotatable bonds is 1. The first-order chi connectivity index (χ1) is 8.41. The Morgan fingerprint density at radius 3 is 2.50 bits per heavy atom. The summed E-state index contributed by atoms with van der Waals surface area (Å²) in [5.41, 5.74) is -0.804. The van der Waals surface area contributed by atoms with Gasteiger partial charge in [-0.15, -0.1) is 0 Å². The van der Waals surface area contributed by atoms with Gasteiger partial charge in [0.2, 0.25) is 5.88 Å². The van der Waals surface area contributed by atoms with E-state index in [1.807, 2.05) is 0 Å². The van der Waals surface area contributed by atoms with Gasteiger partial charge in [-0.1, -0.05) is 13.8 Å². The summed E-state index contributed by atoms with van der Waals surface area (Å²) in [6.07, 6.45) is 2.76. The van der Waals surface area contributed by atoms with Gasteiger partial charge in [-0.05, 0) is 38.0 Å². The molecule has 2 rings (SSSR count). The molecular formula is C13H20N2O3. The summed E-state index contributed by atoms with van der Waals surface area (Å²) in [5.74, 6) is 0.973. The third-order valence-corrected chi connectivity index (χ3v) is 4.28. The fourth-order valence-corrected chi connectivity index (χ4v) is 2.72. The van der Waals surface area contributed by atoms with Crippen molar-refractivity contribution < 1.29 is 5.11 Å². The van der Waals surface area contributed by atoms with Crippen LogP contribution in [0.2, 0.25) is 0 Å². The normalized spacial score (nSPS) is 28.3. The van der Waals surface area contributed by atoms with Crippen molar-refractivity contribution in [3.8, 4) is 5.88 Å². The van der Waals surface area contributed by atoms with E-state index in [1.165, 1.54) is 11.5 Å². The van der Waals surface area contributed by atoms with E-state index in [0.29, 0.717) is 11.8 Å². The second-order valence-corrected chi connectivity index (χ2v) is 5.50. The van der Waals surface area contributed by atoms with E-state index in [-0.39, 0.29) is 17.5 Å². The second kappa shape index (κ2) is 4.63. The van der Waals surface area contributed by atoms with Gasteiger partial charge in [0, 0.05) is 6.04 Å². The number of nitrogens with zero attached hydrogens (tertiary/aromatic N) is 1. The number of aromatic nitrogens is 2. The minimum absolute atomic E-state index is 0.0146. The molecule has 0 saturated heterocycles. The van der Waals surface area contributed by atoms with Crippen molar-refractivity contribution in [2.24, 2.45) is 11.8 Å². The van der Waals surface area contributed by atoms with E-state index < -0.39 is 11.2 Å². The molecule has 0 bridgehead atoms. The lowest BCUT2D eigenvalue weighted by atomic mass is 9.79. The van der Waals surface area contributed by atoms with Gasteiger partial charge >= 0.3 is 5.69 Å². The molecule has 0 amide bonds. The maximum absolute atomic E-state index is 11.8. The van der Waals surface area contributed by atoms with E-state index in [0.717, 1.165) is 19.3 Å². The van der Waals surface area contributed by atoms with Crippen molar-refractivity contribution in [3.63, 3.8) is 0 Å². The Balaban J connectivity index is 2.43. The summed E-state index contributed by atoms with van der Waals surface area (Å²) in [7, 11) is 0. The molecule has 3 atom stereocenters. The van der Waals surface area contributed by atoms with Crippen LogP contribution < -0.4 is 11.2 Å². The van der Waals surface area contributed by atoms with Gasteiger partial charge in [0.25, 0.3) is 5.56 Å². The van der Waals surface area contributed by atoms with Crippen LogP contribution in [0.15, 0.2) is 9.59 Å². The SMILES string of the molecule is Cc1c(O)n(C2CCC(C)C(C)C2)c(=O)[nH]c1=O. The van der Waals surface area contributed by atoms with E-state index in [4.69, 9.17) is 0 Å². The van der Waals surface area contributed by atoms with Crippen LogP contribution in [-0.4, -0.2) is 14.7 Å². The number of nitrogens with one attached hydrogen (secondary N) is 1. The van der Waals surface area contributed by atoms with Crippen LogP contribution in [0.1, 0.15) is 44.7 Å². The molecule has 1 aromatic rings. The third kappa shape index (κ3) is 2.09. The Hall–Kier alpha value is -1.52. The molecule has 1 aliphatic carbocycles. The highest BCUT2D eigenvalue weighted by atomic mass is 16.3. The fraction of sp³-hybridized carbons (Fsp3) is 0.692. The zero-order valence-electron chi connectivity index (χ0n) is 11.1. The summed E-state index contributed by atoms with van der Waals surface area (Å²) in [6.45, 7) is 5.90. The maximum Gasteiger partial charge on any atom is 0.331 e. The minimum atomic E-state index is -0.508. The lowest BCUT2D eigenvalue weighted by molar-refractivity contribution is 0.195. The monoisotopic (exact) mass is 252 g/mol. The lowest BCUT2D eigenvalue weighted by Crippen LogP contribution is -2.36. The van der Waals surface area contributed by atoms with Gasteiger partial charge < -0.3 is 5.11 Å². The van der Waals surface area contributed by atoms with Crippen LogP contribution in [-0.2, 0) is 0 Å². The summed E-state index contributed by atoms with van der Waals surface area (Å²) in [6, 6.07) is -0.0146. The highest BCUT2D eigenvalue weighted by molar-refractivity contribution is 5.21. The zero-order chi connectivity index (χ0) is 13.4. The molecule has 1 saturated carbocycles. The summed E-state index contributed by atoms with van der Waals surface area (Å²) in [4.78, 5) is 25.5. The molecule has 0 aromatic carbocycles. The molecule has 0 aliphatic heterocycles. The van der Waals surface area contributed by atoms with Crippen molar-refractivity contribution in [2.75, 3.05) is 0 Å². The first-order valence-corrected chi connectivity index (χ1v) is 6.46. The summed E-state index contributed by atoms with van der Waals surface area (Å²) >= 11 is 0. The van der Waals surface area contributed by atoms with Gasteiger partial charge in [-0.3, -0.25) is 14.3 Å². The number of aromatic amines is 1. The van der Waals surface area contributed by atoms with Gasteiger partial charge in [0.05, 0.1) is 5.56 Å². The highest BCUT2D eigenvalue weighted by Crippen LogP contribution is 2.36. The van der Waals surface area contributed by atoms with Crippen LogP contribution in [0, 0.1) is 18.8 Å². The number of H-pyrrole nitrogens is 1. The van der Waals surface area contributed by atoms with Gasteiger partial charge in [0.15, 0.2) is 0 Å². The number of aromatic hydroxyl groups is 1. The molecule has 5 heteroatoms. The minimum Gasteiger partial charge on any atom is -0.494 e. The first-order valence-electron chi connectivity index (χ1n) is 6.46.